The molecule has 5 heterocycles. The minimum atomic E-state index is 0.333. The molecule has 0 aliphatic heterocycles. The maximum atomic E-state index is 6.35. The summed E-state index contributed by atoms with van der Waals surface area (Å²) in [5, 5.41) is 10.6. The van der Waals surface area contributed by atoms with Crippen molar-refractivity contribution in [2.24, 2.45) is 0 Å². The summed E-state index contributed by atoms with van der Waals surface area (Å²) in [5.41, 5.74) is 11.3. The van der Waals surface area contributed by atoms with Crippen LogP contribution in [0.15, 0.2) is 30.3 Å². The second kappa shape index (κ2) is 16.7. The van der Waals surface area contributed by atoms with Crippen LogP contribution in [0, 0.1) is 20.8 Å². The van der Waals surface area contributed by atoms with Crippen molar-refractivity contribution in [3.8, 4) is 28.4 Å². The van der Waals surface area contributed by atoms with Crippen molar-refractivity contribution in [3.63, 3.8) is 0 Å². The number of rotatable bonds is 11. The summed E-state index contributed by atoms with van der Waals surface area (Å²) < 4.78 is 9.68. The van der Waals surface area contributed by atoms with E-state index in [4.69, 9.17) is 58.0 Å². The Bertz CT molecular complexity index is 2180. The van der Waals surface area contributed by atoms with Gasteiger partial charge in [-0.2, -0.15) is 10.2 Å². The number of fused-ring (bicyclic) bond motifs is 2. The minimum Gasteiger partial charge on any atom is -0.480 e. The molecule has 5 aromatic heterocycles. The van der Waals surface area contributed by atoms with Gasteiger partial charge >= 0.3 is 0 Å². The Hall–Kier alpha value is -4.15. The second-order valence-corrected chi connectivity index (χ2v) is 14.3. The minimum absolute atomic E-state index is 0.333. The van der Waals surface area contributed by atoms with Gasteiger partial charge in [0.15, 0.2) is 11.3 Å². The first-order valence-corrected chi connectivity index (χ1v) is 19.2. The van der Waals surface area contributed by atoms with Gasteiger partial charge in [-0.25, -0.2) is 34.3 Å². The van der Waals surface area contributed by atoms with Gasteiger partial charge in [-0.15, -0.1) is 0 Å². The van der Waals surface area contributed by atoms with Crippen LogP contribution in [0.5, 0.6) is 5.88 Å². The van der Waals surface area contributed by atoms with Gasteiger partial charge < -0.3 is 4.74 Å². The van der Waals surface area contributed by atoms with Crippen molar-refractivity contribution in [2.45, 2.75) is 119 Å². The van der Waals surface area contributed by atoms with Gasteiger partial charge in [0.05, 0.1) is 63.9 Å². The van der Waals surface area contributed by atoms with Crippen LogP contribution in [-0.4, -0.2) is 51.6 Å². The number of halogens is 2. The van der Waals surface area contributed by atoms with Crippen molar-refractivity contribution >= 4 is 45.5 Å². The molecule has 10 nitrogen and oxygen atoms in total. The molecule has 0 spiro atoms. The van der Waals surface area contributed by atoms with Gasteiger partial charge in [-0.1, -0.05) is 71.7 Å². The molecule has 6 rings (SSSR count). The maximum Gasteiger partial charge on any atom is 0.222 e. The van der Waals surface area contributed by atoms with Gasteiger partial charge in [0.2, 0.25) is 5.88 Å². The second-order valence-electron chi connectivity index (χ2n) is 13.4. The van der Waals surface area contributed by atoms with Gasteiger partial charge in [0.1, 0.15) is 11.0 Å². The summed E-state index contributed by atoms with van der Waals surface area (Å²) >= 11 is 12.4. The number of ether oxygens (including phenoxy) is 1. The average molecular weight is 745 g/mol. The fourth-order valence-corrected chi connectivity index (χ4v) is 7.07. The van der Waals surface area contributed by atoms with Gasteiger partial charge in [-0.3, -0.25) is 0 Å². The van der Waals surface area contributed by atoms with E-state index in [0.29, 0.717) is 33.9 Å². The van der Waals surface area contributed by atoms with E-state index in [1.165, 1.54) is 0 Å². The molecule has 0 unspecified atom stereocenters. The highest BCUT2D eigenvalue weighted by molar-refractivity contribution is 6.36. The van der Waals surface area contributed by atoms with Gasteiger partial charge in [0, 0.05) is 16.3 Å². The van der Waals surface area contributed by atoms with Crippen LogP contribution in [0.2, 0.25) is 10.0 Å². The van der Waals surface area contributed by atoms with Gasteiger partial charge in [0.25, 0.3) is 0 Å². The third-order valence-electron chi connectivity index (χ3n) is 9.66. The van der Waals surface area contributed by atoms with E-state index in [1.807, 2.05) is 43.7 Å². The molecular weight excluding hydrogens is 693 g/mol. The Kier molecular flexibility index (Phi) is 12.5. The molecule has 0 bridgehead atoms. The molecular formula is C40H51Cl2N9O. The topological polar surface area (TPSA) is 109 Å². The van der Waals surface area contributed by atoms with E-state index in [9.17, 15) is 0 Å². The molecule has 0 radical (unpaired) electrons. The van der Waals surface area contributed by atoms with E-state index in [-0.39, 0.29) is 0 Å². The fraction of sp³-hybridized carbons (Fsp3) is 0.475. The normalized spacial score (nSPS) is 11.7. The summed E-state index contributed by atoms with van der Waals surface area (Å²) in [4.78, 5) is 24.3. The van der Waals surface area contributed by atoms with Crippen LogP contribution in [0.4, 0.5) is 0 Å². The third-order valence-corrected chi connectivity index (χ3v) is 10.2. The zero-order valence-electron chi connectivity index (χ0n) is 32.3. The molecule has 0 amide bonds. The standard InChI is InChI=1S/C22H31N5O.C18H20Cl2N4/c1-8-15(9-2)27-21-19(14(6)26-27)25-20(17(10-3)23-21)16-11-12-18(13(4)5)24-22(16)28-7;1-5-13(6-2)24-18-17(11(4)23-24)22-16(10(3)21-18)14-8-7-12(19)9-15(14)20/h11-13,15H,8-10H2,1-7H3;7-9,13H,5-6H2,1-4H3. The zero-order chi connectivity index (χ0) is 37.9. The number of nitrogens with zero attached hydrogens (tertiary/aromatic N) is 9. The quantitative estimate of drug-likeness (QED) is 0.129. The van der Waals surface area contributed by atoms with E-state index in [1.54, 1.807) is 13.2 Å². The number of benzene rings is 1. The monoisotopic (exact) mass is 743 g/mol. The molecule has 0 N–H and O–H groups in total. The summed E-state index contributed by atoms with van der Waals surface area (Å²) in [5.74, 6) is 0.933. The molecule has 0 saturated carbocycles. The zero-order valence-corrected chi connectivity index (χ0v) is 33.9. The number of hydrogen-bond donors (Lipinski definition) is 0. The smallest absolute Gasteiger partial charge is 0.222 e. The SMILES string of the molecule is CCC(CC)n1nc(C)c2nc(-c3ccc(Cl)cc3Cl)c(C)nc21.CCc1nc2c(nc1-c1ccc(C(C)C)nc1OC)c(C)nn2C(CC)CC. The lowest BCUT2D eigenvalue weighted by molar-refractivity contribution is 0.397. The van der Waals surface area contributed by atoms with Gasteiger partial charge in [-0.05, 0) is 89.1 Å². The Labute approximate surface area is 317 Å². The molecule has 0 atom stereocenters. The van der Waals surface area contributed by atoms with Crippen molar-refractivity contribution in [1.29, 1.82) is 0 Å². The van der Waals surface area contributed by atoms with Crippen LogP contribution >= 0.6 is 23.2 Å². The predicted molar refractivity (Wildman–Crippen MR) is 213 cm³/mol. The average Bonchev–Trinajstić information content (AvgIpc) is 3.62. The first-order valence-electron chi connectivity index (χ1n) is 18.4. The lowest BCUT2D eigenvalue weighted by atomic mass is 10.1. The predicted octanol–water partition coefficient (Wildman–Crippen LogP) is 11.0. The molecule has 52 heavy (non-hydrogen) atoms. The van der Waals surface area contributed by atoms with Crippen LogP contribution < -0.4 is 4.74 Å². The van der Waals surface area contributed by atoms with E-state index >= 15 is 0 Å². The maximum absolute atomic E-state index is 6.35. The van der Waals surface area contributed by atoms with E-state index in [0.717, 1.165) is 105 Å². The van der Waals surface area contributed by atoms with Crippen molar-refractivity contribution in [1.82, 2.24) is 44.5 Å². The summed E-state index contributed by atoms with van der Waals surface area (Å²) in [6.45, 7) is 21.0. The Morgan fingerprint density at radius 2 is 1.19 bits per heavy atom. The molecule has 276 valence electrons. The molecule has 0 saturated heterocycles. The highest BCUT2D eigenvalue weighted by Crippen LogP contribution is 2.35. The molecule has 0 aliphatic rings. The summed E-state index contributed by atoms with van der Waals surface area (Å²) in [6.07, 6.45) is 4.84. The van der Waals surface area contributed by atoms with Crippen LogP contribution in [0.25, 0.3) is 44.8 Å². The van der Waals surface area contributed by atoms with Crippen LogP contribution in [0.3, 0.4) is 0 Å². The Morgan fingerprint density at radius 1 is 0.654 bits per heavy atom. The lowest BCUT2D eigenvalue weighted by Crippen LogP contribution is -2.10. The Morgan fingerprint density at radius 3 is 1.69 bits per heavy atom. The largest absolute Gasteiger partial charge is 0.480 e. The number of pyridine rings is 1. The summed E-state index contributed by atoms with van der Waals surface area (Å²) in [6, 6.07) is 10.2. The fourth-order valence-electron chi connectivity index (χ4n) is 6.57. The summed E-state index contributed by atoms with van der Waals surface area (Å²) in [7, 11) is 1.66. The number of hydrogen-bond acceptors (Lipinski definition) is 8. The van der Waals surface area contributed by atoms with Crippen LogP contribution in [0.1, 0.15) is 121 Å². The first-order chi connectivity index (χ1) is 24.9. The number of aryl methyl sites for hydroxylation is 4. The van der Waals surface area contributed by atoms with E-state index in [2.05, 4.69) is 64.3 Å². The lowest BCUT2D eigenvalue weighted by Gasteiger charge is -2.15. The highest BCUT2D eigenvalue weighted by atomic mass is 35.5. The van der Waals surface area contributed by atoms with Crippen molar-refractivity contribution in [3.05, 3.63) is 68.8 Å². The molecule has 0 fully saturated rings. The van der Waals surface area contributed by atoms with Crippen molar-refractivity contribution in [2.75, 3.05) is 7.11 Å². The van der Waals surface area contributed by atoms with E-state index < -0.39 is 0 Å². The molecule has 12 heteroatoms. The highest BCUT2D eigenvalue weighted by Gasteiger charge is 2.23. The van der Waals surface area contributed by atoms with Crippen molar-refractivity contribution < 1.29 is 4.74 Å². The third kappa shape index (κ3) is 7.64. The molecule has 6 aromatic rings. The van der Waals surface area contributed by atoms with Crippen LogP contribution in [-0.2, 0) is 6.42 Å². The Balaban J connectivity index is 0.000000203. The molecule has 1 aromatic carbocycles. The number of methoxy groups -OCH3 is 1. The number of aromatic nitrogens is 9. The molecule has 0 aliphatic carbocycles. The first kappa shape index (κ1) is 39.1.